The summed E-state index contributed by atoms with van der Waals surface area (Å²) < 4.78 is 0. The van der Waals surface area contributed by atoms with Crippen LogP contribution in [0.25, 0.3) is 0 Å². The van der Waals surface area contributed by atoms with Gasteiger partial charge in [-0.25, -0.2) is 0 Å². The van der Waals surface area contributed by atoms with E-state index < -0.39 is 0 Å². The molecule has 1 heterocycles. The molecule has 1 saturated carbocycles. The van der Waals surface area contributed by atoms with Crippen LogP contribution in [0.1, 0.15) is 39.5 Å². The van der Waals surface area contributed by atoms with E-state index in [0.717, 1.165) is 19.4 Å². The maximum Gasteiger partial charge on any atom is 0.223 e. The van der Waals surface area contributed by atoms with Crippen molar-refractivity contribution in [3.8, 4) is 0 Å². The Bertz CT molecular complexity index is 258. The highest BCUT2D eigenvalue weighted by Gasteiger charge is 2.49. The van der Waals surface area contributed by atoms with Crippen molar-refractivity contribution < 1.29 is 9.90 Å². The highest BCUT2D eigenvalue weighted by atomic mass is 16.3. The Kier molecular flexibility index (Phi) is 2.75. The third-order valence-corrected chi connectivity index (χ3v) is 3.89. The quantitative estimate of drug-likeness (QED) is 0.750. The number of piperidine rings is 1. The summed E-state index contributed by atoms with van der Waals surface area (Å²) in [7, 11) is 0. The number of hydrogen-bond donors (Lipinski definition) is 1. The predicted molar refractivity (Wildman–Crippen MR) is 58.3 cm³/mol. The Balaban J connectivity index is 2.00. The van der Waals surface area contributed by atoms with Crippen LogP contribution in [0, 0.1) is 11.3 Å². The number of likely N-dealkylation sites (tertiary alicyclic amines) is 1. The number of carbonyl (C=O) groups is 1. The highest BCUT2D eigenvalue weighted by Crippen LogP contribution is 2.49. The van der Waals surface area contributed by atoms with Gasteiger partial charge in [-0.05, 0) is 18.8 Å². The lowest BCUT2D eigenvalue weighted by Crippen LogP contribution is -2.56. The first-order valence-corrected chi connectivity index (χ1v) is 5.99. The summed E-state index contributed by atoms with van der Waals surface area (Å²) in [6, 6.07) is 0. The Morgan fingerprint density at radius 2 is 2.20 bits per heavy atom. The molecule has 0 aromatic rings. The zero-order chi connectivity index (χ0) is 11.1. The minimum Gasteiger partial charge on any atom is -0.391 e. The molecule has 1 amide bonds. The topological polar surface area (TPSA) is 40.5 Å². The molecule has 1 saturated heterocycles. The van der Waals surface area contributed by atoms with Gasteiger partial charge in [-0.3, -0.25) is 4.79 Å². The molecule has 0 bridgehead atoms. The fraction of sp³-hybridized carbons (Fsp3) is 0.917. The van der Waals surface area contributed by atoms with Crippen LogP contribution < -0.4 is 0 Å². The summed E-state index contributed by atoms with van der Waals surface area (Å²) in [6.45, 7) is 5.55. The standard InChI is InChI=1S/C12H21NO2/c1-9(2)7-13-8-10(14)12(4-3-5-12)6-11(13)15/h9-10,14H,3-8H2,1-2H3. The lowest BCUT2D eigenvalue weighted by molar-refractivity contribution is -0.155. The Morgan fingerprint density at radius 3 is 2.67 bits per heavy atom. The van der Waals surface area contributed by atoms with E-state index in [2.05, 4.69) is 13.8 Å². The predicted octanol–water partition coefficient (Wildman–Crippen LogP) is 1.41. The monoisotopic (exact) mass is 211 g/mol. The van der Waals surface area contributed by atoms with E-state index in [1.807, 2.05) is 4.90 Å². The molecule has 86 valence electrons. The molecule has 0 aromatic carbocycles. The van der Waals surface area contributed by atoms with Crippen molar-refractivity contribution in [3.05, 3.63) is 0 Å². The van der Waals surface area contributed by atoms with E-state index in [9.17, 15) is 9.90 Å². The second kappa shape index (κ2) is 3.78. The molecule has 2 aliphatic rings. The van der Waals surface area contributed by atoms with Crippen LogP contribution in [0.15, 0.2) is 0 Å². The first kappa shape index (κ1) is 10.9. The van der Waals surface area contributed by atoms with Crippen molar-refractivity contribution in [3.63, 3.8) is 0 Å². The van der Waals surface area contributed by atoms with Crippen molar-refractivity contribution >= 4 is 5.91 Å². The smallest absolute Gasteiger partial charge is 0.223 e. The van der Waals surface area contributed by atoms with Crippen molar-refractivity contribution in [2.75, 3.05) is 13.1 Å². The SMILES string of the molecule is CC(C)CN1CC(O)C2(CCC2)CC1=O. The molecule has 1 aliphatic carbocycles. The second-order valence-electron chi connectivity index (χ2n) is 5.60. The number of hydrogen-bond acceptors (Lipinski definition) is 2. The molecule has 1 atom stereocenters. The Morgan fingerprint density at radius 1 is 1.53 bits per heavy atom. The van der Waals surface area contributed by atoms with Crippen LogP contribution in [0.5, 0.6) is 0 Å². The van der Waals surface area contributed by atoms with Gasteiger partial charge in [-0.1, -0.05) is 20.3 Å². The number of aliphatic hydroxyl groups is 1. The van der Waals surface area contributed by atoms with Crippen LogP contribution >= 0.6 is 0 Å². The van der Waals surface area contributed by atoms with Crippen LogP contribution in [0.2, 0.25) is 0 Å². The van der Waals surface area contributed by atoms with Crippen molar-refractivity contribution in [2.45, 2.75) is 45.6 Å². The molecule has 2 rings (SSSR count). The average molecular weight is 211 g/mol. The molecular formula is C12H21NO2. The normalized spacial score (nSPS) is 29.7. The fourth-order valence-electron chi connectivity index (χ4n) is 2.79. The van der Waals surface area contributed by atoms with E-state index in [-0.39, 0.29) is 17.4 Å². The van der Waals surface area contributed by atoms with Crippen molar-refractivity contribution in [1.82, 2.24) is 4.90 Å². The van der Waals surface area contributed by atoms with E-state index in [4.69, 9.17) is 0 Å². The van der Waals surface area contributed by atoms with E-state index in [0.29, 0.717) is 18.9 Å². The highest BCUT2D eigenvalue weighted by molar-refractivity contribution is 5.78. The molecule has 3 heteroatoms. The van der Waals surface area contributed by atoms with E-state index in [1.165, 1.54) is 6.42 Å². The molecule has 2 fully saturated rings. The van der Waals surface area contributed by atoms with Gasteiger partial charge in [0.15, 0.2) is 0 Å². The average Bonchev–Trinajstić information content (AvgIpc) is 2.07. The number of amides is 1. The van der Waals surface area contributed by atoms with Crippen LogP contribution in [0.4, 0.5) is 0 Å². The van der Waals surface area contributed by atoms with Gasteiger partial charge in [0, 0.05) is 24.9 Å². The minimum absolute atomic E-state index is 0.0371. The first-order chi connectivity index (χ1) is 7.03. The molecule has 1 N–H and O–H groups in total. The zero-order valence-electron chi connectivity index (χ0n) is 9.70. The molecule has 3 nitrogen and oxygen atoms in total. The second-order valence-corrected chi connectivity index (χ2v) is 5.60. The minimum atomic E-state index is -0.289. The zero-order valence-corrected chi connectivity index (χ0v) is 9.70. The van der Waals surface area contributed by atoms with Gasteiger partial charge in [0.25, 0.3) is 0 Å². The number of nitrogens with zero attached hydrogens (tertiary/aromatic N) is 1. The summed E-state index contributed by atoms with van der Waals surface area (Å²) in [5, 5.41) is 10.1. The van der Waals surface area contributed by atoms with Gasteiger partial charge in [-0.2, -0.15) is 0 Å². The van der Waals surface area contributed by atoms with Crippen LogP contribution in [0.3, 0.4) is 0 Å². The summed E-state index contributed by atoms with van der Waals surface area (Å²) in [6.07, 6.45) is 3.53. The summed E-state index contributed by atoms with van der Waals surface area (Å²) in [5.41, 5.74) is -0.0371. The van der Waals surface area contributed by atoms with E-state index >= 15 is 0 Å². The van der Waals surface area contributed by atoms with Gasteiger partial charge in [0.2, 0.25) is 5.91 Å². The molecule has 15 heavy (non-hydrogen) atoms. The van der Waals surface area contributed by atoms with Gasteiger partial charge < -0.3 is 10.0 Å². The number of aliphatic hydroxyl groups excluding tert-OH is 1. The molecule has 0 aromatic heterocycles. The number of rotatable bonds is 2. The van der Waals surface area contributed by atoms with Gasteiger partial charge in [0.1, 0.15) is 0 Å². The Hall–Kier alpha value is -0.570. The van der Waals surface area contributed by atoms with Crippen LogP contribution in [-0.4, -0.2) is 35.1 Å². The lowest BCUT2D eigenvalue weighted by atomic mass is 9.61. The molecule has 1 aliphatic heterocycles. The fourth-order valence-corrected chi connectivity index (χ4v) is 2.79. The molecule has 1 spiro atoms. The summed E-state index contributed by atoms with van der Waals surface area (Å²) in [5.74, 6) is 0.727. The van der Waals surface area contributed by atoms with Crippen LogP contribution in [-0.2, 0) is 4.79 Å². The maximum atomic E-state index is 11.9. The number of carbonyl (C=O) groups excluding carboxylic acids is 1. The van der Waals surface area contributed by atoms with Crippen molar-refractivity contribution in [1.29, 1.82) is 0 Å². The number of β-amino-alcohol motifs (C(OH)–C–C–N with tert-alkyl or cyclic N) is 1. The third-order valence-electron chi connectivity index (χ3n) is 3.89. The largest absolute Gasteiger partial charge is 0.391 e. The van der Waals surface area contributed by atoms with E-state index in [1.54, 1.807) is 0 Å². The molecule has 0 radical (unpaired) electrons. The molecular weight excluding hydrogens is 190 g/mol. The molecule has 1 unspecified atom stereocenters. The first-order valence-electron chi connectivity index (χ1n) is 5.99. The van der Waals surface area contributed by atoms with Gasteiger partial charge in [-0.15, -0.1) is 0 Å². The third kappa shape index (κ3) is 1.89. The Labute approximate surface area is 91.5 Å². The lowest BCUT2D eigenvalue weighted by Gasteiger charge is -2.50. The summed E-state index contributed by atoms with van der Waals surface area (Å²) in [4.78, 5) is 13.7. The summed E-state index contributed by atoms with van der Waals surface area (Å²) >= 11 is 0. The van der Waals surface area contributed by atoms with Gasteiger partial charge >= 0.3 is 0 Å². The van der Waals surface area contributed by atoms with Crippen molar-refractivity contribution in [2.24, 2.45) is 11.3 Å². The van der Waals surface area contributed by atoms with Gasteiger partial charge in [0.05, 0.1) is 6.10 Å². The maximum absolute atomic E-state index is 11.9.